The van der Waals surface area contributed by atoms with Crippen LogP contribution in [0, 0.1) is 5.82 Å². The summed E-state index contributed by atoms with van der Waals surface area (Å²) in [5.41, 5.74) is 1.70. The van der Waals surface area contributed by atoms with Gasteiger partial charge in [0, 0.05) is 11.3 Å². The average Bonchev–Trinajstić information content (AvgIpc) is 3.27. The van der Waals surface area contributed by atoms with E-state index in [1.165, 1.54) is 18.2 Å². The van der Waals surface area contributed by atoms with Gasteiger partial charge in [0.05, 0.1) is 17.9 Å². The number of aromatic nitrogens is 2. The number of nitrogens with one attached hydrogen (secondary N) is 2. The first-order valence-corrected chi connectivity index (χ1v) is 9.62. The van der Waals surface area contributed by atoms with Crippen LogP contribution in [0.25, 0.3) is 22.9 Å². The van der Waals surface area contributed by atoms with Crippen LogP contribution >= 0.6 is 0 Å². The number of carbonyl (C=O) groups is 1. The molecule has 7 nitrogen and oxygen atoms in total. The average molecular weight is 418 g/mol. The van der Waals surface area contributed by atoms with Gasteiger partial charge in [-0.1, -0.05) is 30.3 Å². The number of hydrogen-bond acceptors (Lipinski definition) is 5. The van der Waals surface area contributed by atoms with Crippen LogP contribution in [0.1, 0.15) is 6.92 Å². The fraction of sp³-hybridized carbons (Fsp3) is 0.0870. The number of anilines is 2. The molecule has 156 valence electrons. The summed E-state index contributed by atoms with van der Waals surface area (Å²) in [4.78, 5) is 12.4. The Balaban J connectivity index is 1.52. The second-order valence-corrected chi connectivity index (χ2v) is 6.48. The monoisotopic (exact) mass is 418 g/mol. The smallest absolute Gasteiger partial charge is 0.323 e. The highest BCUT2D eigenvalue weighted by Crippen LogP contribution is 2.28. The highest BCUT2D eigenvalue weighted by molar-refractivity contribution is 6.00. The van der Waals surface area contributed by atoms with Gasteiger partial charge in [0.2, 0.25) is 5.89 Å². The molecule has 0 saturated carbocycles. The van der Waals surface area contributed by atoms with Gasteiger partial charge in [-0.3, -0.25) is 0 Å². The lowest BCUT2D eigenvalue weighted by Gasteiger charge is -2.12. The Morgan fingerprint density at radius 3 is 2.52 bits per heavy atom. The minimum atomic E-state index is -0.545. The largest absolute Gasteiger partial charge is 0.492 e. The van der Waals surface area contributed by atoms with Crippen LogP contribution in [-0.4, -0.2) is 22.8 Å². The number of para-hydroxylation sites is 2. The molecule has 2 N–H and O–H groups in total. The SMILES string of the molecule is CCOc1ccccc1NC(=O)Nc1ccc(F)c(-c2nnc(-c3ccccc3)o2)c1. The van der Waals surface area contributed by atoms with Gasteiger partial charge in [0.25, 0.3) is 5.89 Å². The first-order chi connectivity index (χ1) is 15.1. The molecule has 3 aromatic carbocycles. The zero-order valence-corrected chi connectivity index (χ0v) is 16.6. The van der Waals surface area contributed by atoms with E-state index in [0.717, 1.165) is 5.56 Å². The second-order valence-electron chi connectivity index (χ2n) is 6.48. The summed E-state index contributed by atoms with van der Waals surface area (Å²) in [5.74, 6) is 0.302. The molecule has 0 aliphatic rings. The van der Waals surface area contributed by atoms with Crippen molar-refractivity contribution in [2.45, 2.75) is 6.92 Å². The van der Waals surface area contributed by atoms with Crippen LogP contribution in [0.5, 0.6) is 5.75 Å². The Hall–Kier alpha value is -4.20. The van der Waals surface area contributed by atoms with Gasteiger partial charge < -0.3 is 19.8 Å². The Morgan fingerprint density at radius 2 is 1.71 bits per heavy atom. The fourth-order valence-electron chi connectivity index (χ4n) is 2.93. The molecule has 1 heterocycles. The van der Waals surface area contributed by atoms with Crippen molar-refractivity contribution >= 4 is 17.4 Å². The predicted octanol–water partition coefficient (Wildman–Crippen LogP) is 5.59. The maximum atomic E-state index is 14.4. The molecule has 4 rings (SSSR count). The van der Waals surface area contributed by atoms with Crippen LogP contribution in [-0.2, 0) is 0 Å². The van der Waals surface area contributed by atoms with Crippen molar-refractivity contribution < 1.29 is 18.3 Å². The van der Waals surface area contributed by atoms with Crippen LogP contribution in [0.15, 0.2) is 77.2 Å². The van der Waals surface area contributed by atoms with Gasteiger partial charge in [-0.05, 0) is 49.4 Å². The lowest BCUT2D eigenvalue weighted by atomic mass is 10.2. The first kappa shape index (κ1) is 20.1. The quantitative estimate of drug-likeness (QED) is 0.426. The third kappa shape index (κ3) is 4.69. The lowest BCUT2D eigenvalue weighted by Crippen LogP contribution is -2.20. The van der Waals surface area contributed by atoms with E-state index >= 15 is 0 Å². The number of carbonyl (C=O) groups excluding carboxylic acids is 1. The lowest BCUT2D eigenvalue weighted by molar-refractivity contribution is 0.262. The van der Waals surface area contributed by atoms with Gasteiger partial charge in [-0.25, -0.2) is 9.18 Å². The molecule has 0 saturated heterocycles. The van der Waals surface area contributed by atoms with Crippen molar-refractivity contribution in [3.63, 3.8) is 0 Å². The topological polar surface area (TPSA) is 89.3 Å². The summed E-state index contributed by atoms with van der Waals surface area (Å²) in [6.45, 7) is 2.33. The Kier molecular flexibility index (Phi) is 5.89. The van der Waals surface area contributed by atoms with Crippen LogP contribution in [0.3, 0.4) is 0 Å². The minimum absolute atomic E-state index is 0.0158. The third-order valence-electron chi connectivity index (χ3n) is 4.34. The van der Waals surface area contributed by atoms with Gasteiger partial charge in [0.1, 0.15) is 11.6 Å². The van der Waals surface area contributed by atoms with Crippen molar-refractivity contribution in [2.75, 3.05) is 17.2 Å². The van der Waals surface area contributed by atoms with Crippen molar-refractivity contribution in [1.29, 1.82) is 0 Å². The molecule has 31 heavy (non-hydrogen) atoms. The zero-order valence-electron chi connectivity index (χ0n) is 16.6. The van der Waals surface area contributed by atoms with E-state index in [2.05, 4.69) is 20.8 Å². The van der Waals surface area contributed by atoms with Gasteiger partial charge in [-0.15, -0.1) is 10.2 Å². The number of amides is 2. The van der Waals surface area contributed by atoms with Crippen molar-refractivity contribution in [1.82, 2.24) is 10.2 Å². The fourth-order valence-corrected chi connectivity index (χ4v) is 2.93. The van der Waals surface area contributed by atoms with Gasteiger partial charge in [0.15, 0.2) is 0 Å². The van der Waals surface area contributed by atoms with Crippen LogP contribution in [0.4, 0.5) is 20.6 Å². The number of rotatable bonds is 6. The summed E-state index contributed by atoms with van der Waals surface area (Å²) in [6.07, 6.45) is 0. The number of urea groups is 1. The van der Waals surface area contributed by atoms with Crippen molar-refractivity contribution in [3.8, 4) is 28.7 Å². The molecule has 0 spiro atoms. The Morgan fingerprint density at radius 1 is 0.968 bits per heavy atom. The highest BCUT2D eigenvalue weighted by atomic mass is 19.1. The molecule has 0 bridgehead atoms. The molecule has 8 heteroatoms. The summed E-state index contributed by atoms with van der Waals surface area (Å²) >= 11 is 0. The Labute approximate surface area is 177 Å². The maximum Gasteiger partial charge on any atom is 0.323 e. The molecule has 4 aromatic rings. The predicted molar refractivity (Wildman–Crippen MR) is 115 cm³/mol. The highest BCUT2D eigenvalue weighted by Gasteiger charge is 2.16. The molecule has 0 aliphatic carbocycles. The van der Waals surface area contributed by atoms with E-state index < -0.39 is 11.8 Å². The molecule has 0 atom stereocenters. The molecule has 0 radical (unpaired) electrons. The van der Waals surface area contributed by atoms with Gasteiger partial charge >= 0.3 is 6.03 Å². The molecule has 1 aromatic heterocycles. The number of benzene rings is 3. The maximum absolute atomic E-state index is 14.4. The molecular weight excluding hydrogens is 399 g/mol. The normalized spacial score (nSPS) is 10.5. The second kappa shape index (κ2) is 9.08. The first-order valence-electron chi connectivity index (χ1n) is 9.62. The van der Waals surface area contributed by atoms with E-state index in [1.807, 2.05) is 43.3 Å². The van der Waals surface area contributed by atoms with E-state index in [0.29, 0.717) is 23.7 Å². The summed E-state index contributed by atoms with van der Waals surface area (Å²) in [7, 11) is 0. The Bertz CT molecular complexity index is 1190. The van der Waals surface area contributed by atoms with E-state index in [-0.39, 0.29) is 17.3 Å². The molecule has 0 aliphatic heterocycles. The van der Waals surface area contributed by atoms with Crippen LogP contribution in [0.2, 0.25) is 0 Å². The van der Waals surface area contributed by atoms with E-state index in [9.17, 15) is 9.18 Å². The van der Waals surface area contributed by atoms with E-state index in [1.54, 1.807) is 18.2 Å². The van der Waals surface area contributed by atoms with Crippen LogP contribution < -0.4 is 15.4 Å². The number of ether oxygens (including phenoxy) is 1. The summed E-state index contributed by atoms with van der Waals surface area (Å²) in [5, 5.41) is 13.3. The zero-order chi connectivity index (χ0) is 21.6. The number of nitrogens with zero attached hydrogens (tertiary/aromatic N) is 2. The van der Waals surface area contributed by atoms with Crippen molar-refractivity contribution in [2.24, 2.45) is 0 Å². The molecule has 2 amide bonds. The van der Waals surface area contributed by atoms with Gasteiger partial charge in [-0.2, -0.15) is 0 Å². The number of halogens is 1. The standard InChI is InChI=1S/C23H19FN4O3/c1-2-30-20-11-7-6-10-19(20)26-23(29)25-16-12-13-18(24)17(14-16)22-28-27-21(31-22)15-8-4-3-5-9-15/h3-14H,2H2,1H3,(H2,25,26,29). The van der Waals surface area contributed by atoms with Crippen molar-refractivity contribution in [3.05, 3.63) is 78.6 Å². The number of hydrogen-bond donors (Lipinski definition) is 2. The summed E-state index contributed by atoms with van der Waals surface area (Å²) in [6, 6.07) is 19.9. The molecule has 0 unspecified atom stereocenters. The minimum Gasteiger partial charge on any atom is -0.492 e. The summed E-state index contributed by atoms with van der Waals surface area (Å²) < 4.78 is 25.5. The third-order valence-corrected chi connectivity index (χ3v) is 4.34. The molecule has 0 fully saturated rings. The molecular formula is C23H19FN4O3. The van der Waals surface area contributed by atoms with E-state index in [4.69, 9.17) is 9.15 Å².